The van der Waals surface area contributed by atoms with Gasteiger partial charge in [-0.05, 0) is 82.1 Å². The molecule has 0 bridgehead atoms. The molecule has 0 aliphatic heterocycles. The molecule has 246 valence electrons. The van der Waals surface area contributed by atoms with E-state index in [-0.39, 0.29) is 16.4 Å². The van der Waals surface area contributed by atoms with Crippen molar-refractivity contribution in [2.24, 2.45) is 0 Å². The molecule has 0 unspecified atom stereocenters. The van der Waals surface area contributed by atoms with Crippen LogP contribution in [0.15, 0.2) is 115 Å². The van der Waals surface area contributed by atoms with Crippen LogP contribution in [0.2, 0.25) is 0 Å². The first kappa shape index (κ1) is 31.5. The summed E-state index contributed by atoms with van der Waals surface area (Å²) in [6.45, 7) is 13.1. The third-order valence-electron chi connectivity index (χ3n) is 10.0. The lowest BCUT2D eigenvalue weighted by Gasteiger charge is -2.21. The van der Waals surface area contributed by atoms with Crippen molar-refractivity contribution in [3.05, 3.63) is 144 Å². The fourth-order valence-corrected chi connectivity index (χ4v) is 7.35. The van der Waals surface area contributed by atoms with Crippen LogP contribution in [-0.2, 0) is 10.8 Å². The number of nitrogens with zero attached hydrogens (tertiary/aromatic N) is 3. The van der Waals surface area contributed by atoms with Gasteiger partial charge in [0, 0.05) is 27.1 Å². The van der Waals surface area contributed by atoms with E-state index in [4.69, 9.17) is 0 Å². The van der Waals surface area contributed by atoms with E-state index in [9.17, 15) is 9.65 Å². The Morgan fingerprint density at radius 1 is 0.520 bits per heavy atom. The standard InChI is InChI=1S/C45H37F2N3/c1-44(2,3)28-15-18-33-31-11-7-9-13-38(31)49(42(33)23-28)40-21-27(35-25-30(46)17-20-37(35)47)22-41(36(40)26-48)50-39-14-10-8-12-32(39)34-19-16-29(24-43(34)50)45(4,5)6/h7-25H,1-6H3. The van der Waals surface area contributed by atoms with Gasteiger partial charge < -0.3 is 9.13 Å². The quantitative estimate of drug-likeness (QED) is 0.186. The SMILES string of the molecule is CC(C)(C)c1ccc2c3ccccc3n(-c3cc(-c4cc(F)ccc4F)cc(-n4c5ccccc5c5ccc(C(C)(C)C)cc54)c3C#N)c2c1. The van der Waals surface area contributed by atoms with Crippen LogP contribution in [0.4, 0.5) is 8.78 Å². The highest BCUT2D eigenvalue weighted by molar-refractivity contribution is 6.11. The number of hydrogen-bond donors (Lipinski definition) is 0. The van der Waals surface area contributed by atoms with Crippen molar-refractivity contribution in [3.63, 3.8) is 0 Å². The normalized spacial score (nSPS) is 12.4. The van der Waals surface area contributed by atoms with Crippen LogP contribution in [-0.4, -0.2) is 9.13 Å². The molecule has 0 fully saturated rings. The zero-order valence-electron chi connectivity index (χ0n) is 29.1. The van der Waals surface area contributed by atoms with Crippen LogP contribution in [0.5, 0.6) is 0 Å². The number of benzene rings is 6. The molecule has 2 aromatic heterocycles. The topological polar surface area (TPSA) is 33.6 Å². The molecule has 8 rings (SSSR count). The highest BCUT2D eigenvalue weighted by Gasteiger charge is 2.25. The molecule has 0 aliphatic carbocycles. The summed E-state index contributed by atoms with van der Waals surface area (Å²) < 4.78 is 34.8. The van der Waals surface area contributed by atoms with Gasteiger partial charge in [-0.15, -0.1) is 0 Å². The van der Waals surface area contributed by atoms with E-state index in [1.807, 2.05) is 36.4 Å². The van der Waals surface area contributed by atoms with Gasteiger partial charge in [-0.2, -0.15) is 5.26 Å². The average molecular weight is 658 g/mol. The third kappa shape index (κ3) is 4.90. The fraction of sp³-hybridized carbons (Fsp3) is 0.178. The molecule has 50 heavy (non-hydrogen) atoms. The Morgan fingerprint density at radius 3 is 1.44 bits per heavy atom. The highest BCUT2D eigenvalue weighted by Crippen LogP contribution is 2.42. The Kier molecular flexibility index (Phi) is 7.03. The molecule has 2 heterocycles. The lowest BCUT2D eigenvalue weighted by Crippen LogP contribution is -2.11. The second kappa shape index (κ2) is 11.1. The molecular formula is C45H37F2N3. The van der Waals surface area contributed by atoms with Crippen molar-refractivity contribution in [3.8, 4) is 28.6 Å². The number of hydrogen-bond acceptors (Lipinski definition) is 1. The number of para-hydroxylation sites is 2. The van der Waals surface area contributed by atoms with E-state index in [2.05, 4.69) is 117 Å². The first-order valence-electron chi connectivity index (χ1n) is 17.0. The van der Waals surface area contributed by atoms with E-state index in [0.29, 0.717) is 22.5 Å². The minimum absolute atomic E-state index is 0.126. The van der Waals surface area contributed by atoms with E-state index >= 15 is 4.39 Å². The summed E-state index contributed by atoms with van der Waals surface area (Å²) in [5.41, 5.74) is 8.00. The van der Waals surface area contributed by atoms with Crippen molar-refractivity contribution in [2.45, 2.75) is 52.4 Å². The van der Waals surface area contributed by atoms with Crippen LogP contribution < -0.4 is 0 Å². The van der Waals surface area contributed by atoms with Gasteiger partial charge in [0.05, 0.1) is 33.4 Å². The summed E-state index contributed by atoms with van der Waals surface area (Å²) in [4.78, 5) is 0. The molecule has 0 N–H and O–H groups in total. The maximum Gasteiger partial charge on any atom is 0.131 e. The summed E-state index contributed by atoms with van der Waals surface area (Å²) in [5, 5.41) is 15.4. The summed E-state index contributed by atoms with van der Waals surface area (Å²) in [6.07, 6.45) is 0. The molecule has 0 saturated carbocycles. The van der Waals surface area contributed by atoms with Crippen LogP contribution in [0, 0.1) is 23.0 Å². The van der Waals surface area contributed by atoms with Crippen molar-refractivity contribution in [1.82, 2.24) is 9.13 Å². The fourth-order valence-electron chi connectivity index (χ4n) is 7.35. The summed E-state index contributed by atoms with van der Waals surface area (Å²) in [5.74, 6) is -1.07. The Balaban J connectivity index is 1.58. The molecule has 0 radical (unpaired) electrons. The molecule has 6 aromatic carbocycles. The van der Waals surface area contributed by atoms with Gasteiger partial charge in [0.15, 0.2) is 0 Å². The third-order valence-corrected chi connectivity index (χ3v) is 10.0. The van der Waals surface area contributed by atoms with Crippen LogP contribution in [0.3, 0.4) is 0 Å². The summed E-state index contributed by atoms with van der Waals surface area (Å²) >= 11 is 0. The largest absolute Gasteiger partial charge is 0.308 e. The molecule has 0 saturated heterocycles. The van der Waals surface area contributed by atoms with E-state index in [1.165, 1.54) is 6.07 Å². The maximum atomic E-state index is 15.7. The Hall–Kier alpha value is -5.73. The van der Waals surface area contributed by atoms with Gasteiger partial charge in [0.1, 0.15) is 23.3 Å². The van der Waals surface area contributed by atoms with Crippen molar-refractivity contribution >= 4 is 43.6 Å². The second-order valence-electron chi connectivity index (χ2n) is 15.3. The predicted molar refractivity (Wildman–Crippen MR) is 203 cm³/mol. The van der Waals surface area contributed by atoms with Gasteiger partial charge in [0.2, 0.25) is 0 Å². The summed E-state index contributed by atoms with van der Waals surface area (Å²) in [6, 6.07) is 39.1. The summed E-state index contributed by atoms with van der Waals surface area (Å²) in [7, 11) is 0. The van der Waals surface area contributed by atoms with Crippen molar-refractivity contribution in [2.75, 3.05) is 0 Å². The lowest BCUT2D eigenvalue weighted by molar-refractivity contribution is 0.590. The average Bonchev–Trinajstić information content (AvgIpc) is 3.60. The Morgan fingerprint density at radius 2 is 0.980 bits per heavy atom. The number of fused-ring (bicyclic) bond motifs is 6. The lowest BCUT2D eigenvalue weighted by atomic mass is 9.86. The van der Waals surface area contributed by atoms with Crippen LogP contribution in [0.1, 0.15) is 58.2 Å². The first-order chi connectivity index (χ1) is 23.8. The van der Waals surface area contributed by atoms with Gasteiger partial charge in [-0.3, -0.25) is 0 Å². The first-order valence-corrected chi connectivity index (χ1v) is 17.0. The second-order valence-corrected chi connectivity index (χ2v) is 15.3. The van der Waals surface area contributed by atoms with Crippen LogP contribution in [0.25, 0.3) is 66.1 Å². The zero-order valence-corrected chi connectivity index (χ0v) is 29.1. The van der Waals surface area contributed by atoms with Crippen molar-refractivity contribution < 1.29 is 8.78 Å². The van der Waals surface area contributed by atoms with E-state index in [0.717, 1.165) is 66.9 Å². The zero-order chi connectivity index (χ0) is 35.1. The smallest absolute Gasteiger partial charge is 0.131 e. The number of aromatic nitrogens is 2. The molecule has 0 spiro atoms. The molecular weight excluding hydrogens is 621 g/mol. The van der Waals surface area contributed by atoms with Gasteiger partial charge >= 0.3 is 0 Å². The minimum atomic E-state index is -0.539. The van der Waals surface area contributed by atoms with Crippen molar-refractivity contribution in [1.29, 1.82) is 5.26 Å². The number of nitriles is 1. The number of halogens is 2. The van der Waals surface area contributed by atoms with E-state index in [1.54, 1.807) is 0 Å². The number of rotatable bonds is 3. The highest BCUT2D eigenvalue weighted by atomic mass is 19.1. The van der Waals surface area contributed by atoms with Crippen LogP contribution >= 0.6 is 0 Å². The maximum absolute atomic E-state index is 15.7. The molecule has 3 nitrogen and oxygen atoms in total. The Bertz CT molecular complexity index is 2550. The van der Waals surface area contributed by atoms with Gasteiger partial charge in [-0.1, -0.05) is 102 Å². The van der Waals surface area contributed by atoms with E-state index < -0.39 is 11.6 Å². The Labute approximate surface area is 290 Å². The molecule has 0 amide bonds. The monoisotopic (exact) mass is 657 g/mol. The molecule has 8 aromatic rings. The molecule has 5 heteroatoms. The van der Waals surface area contributed by atoms with Gasteiger partial charge in [-0.25, -0.2) is 8.78 Å². The van der Waals surface area contributed by atoms with Gasteiger partial charge in [0.25, 0.3) is 0 Å². The predicted octanol–water partition coefficient (Wildman–Crippen LogP) is 12.3. The molecule has 0 atom stereocenters. The molecule has 0 aliphatic rings. The minimum Gasteiger partial charge on any atom is -0.308 e.